The topological polar surface area (TPSA) is 67.8 Å². The van der Waals surface area contributed by atoms with E-state index >= 15 is 0 Å². The first kappa shape index (κ1) is 12.5. The van der Waals surface area contributed by atoms with E-state index in [-0.39, 0.29) is 0 Å². The Morgan fingerprint density at radius 2 is 2.00 bits per heavy atom. The van der Waals surface area contributed by atoms with Crippen LogP contribution in [0, 0.1) is 0 Å². The molecule has 1 aliphatic heterocycles. The van der Waals surface area contributed by atoms with Crippen molar-refractivity contribution in [2.75, 3.05) is 32.8 Å². The number of rotatable bonds is 2. The minimum Gasteiger partial charge on any atom is -0.379 e. The minimum atomic E-state index is -2.19. The predicted octanol–water partition coefficient (Wildman–Crippen LogP) is 0.0653. The first-order valence-corrected chi connectivity index (χ1v) is 5.36. The third-order valence-corrected chi connectivity index (χ3v) is 1.66. The molecule has 1 saturated heterocycles. The molecule has 78 valence electrons. The van der Waals surface area contributed by atoms with E-state index in [1.165, 1.54) is 0 Å². The SMILES string of the molecule is C1COCCN1.CCCN=S(=O)=O. The summed E-state index contributed by atoms with van der Waals surface area (Å²) < 4.78 is 27.3. The van der Waals surface area contributed by atoms with Gasteiger partial charge in [0.2, 0.25) is 0 Å². The van der Waals surface area contributed by atoms with E-state index < -0.39 is 10.5 Å². The van der Waals surface area contributed by atoms with E-state index in [4.69, 9.17) is 4.74 Å². The molecular weight excluding hydrogens is 192 g/mol. The summed E-state index contributed by atoms with van der Waals surface area (Å²) in [5.74, 6) is 0. The Kier molecular flexibility index (Phi) is 9.29. The molecule has 0 radical (unpaired) electrons. The zero-order valence-electron chi connectivity index (χ0n) is 7.82. The van der Waals surface area contributed by atoms with Crippen LogP contribution in [0.3, 0.4) is 0 Å². The molecule has 0 atom stereocenters. The summed E-state index contributed by atoms with van der Waals surface area (Å²) in [6.45, 7) is 6.12. The maximum Gasteiger partial charge on any atom is 0.311 e. The molecule has 1 fully saturated rings. The zero-order chi connectivity index (χ0) is 9.94. The molecule has 5 nitrogen and oxygen atoms in total. The average molecular weight is 208 g/mol. The van der Waals surface area contributed by atoms with Crippen LogP contribution in [0.15, 0.2) is 4.36 Å². The predicted molar refractivity (Wildman–Crippen MR) is 50.2 cm³/mol. The molecule has 0 aromatic rings. The third-order valence-electron chi connectivity index (χ3n) is 1.27. The van der Waals surface area contributed by atoms with Crippen molar-refractivity contribution < 1.29 is 13.2 Å². The highest BCUT2D eigenvalue weighted by Crippen LogP contribution is 1.76. The van der Waals surface area contributed by atoms with E-state index in [2.05, 4.69) is 9.68 Å². The van der Waals surface area contributed by atoms with Crippen LogP contribution in [0.4, 0.5) is 0 Å². The van der Waals surface area contributed by atoms with Crippen molar-refractivity contribution in [3.63, 3.8) is 0 Å². The number of nitrogens with one attached hydrogen (secondary N) is 1. The molecule has 6 heteroatoms. The molecular formula is C7H16N2O3S. The largest absolute Gasteiger partial charge is 0.379 e. The zero-order valence-corrected chi connectivity index (χ0v) is 8.64. The van der Waals surface area contributed by atoms with Crippen LogP contribution in [-0.2, 0) is 15.2 Å². The fourth-order valence-corrected chi connectivity index (χ4v) is 1.01. The minimum absolute atomic E-state index is 0.413. The lowest BCUT2D eigenvalue weighted by atomic mass is 10.5. The Balaban J connectivity index is 0.000000223. The van der Waals surface area contributed by atoms with E-state index in [1.54, 1.807) is 0 Å². The van der Waals surface area contributed by atoms with E-state index in [9.17, 15) is 8.42 Å². The molecule has 0 aliphatic carbocycles. The Morgan fingerprint density at radius 3 is 2.15 bits per heavy atom. The van der Waals surface area contributed by atoms with Crippen molar-refractivity contribution in [1.82, 2.24) is 5.32 Å². The van der Waals surface area contributed by atoms with E-state index in [1.807, 2.05) is 6.92 Å². The number of hydrogen-bond donors (Lipinski definition) is 1. The molecule has 1 rings (SSSR count). The molecule has 13 heavy (non-hydrogen) atoms. The van der Waals surface area contributed by atoms with Crippen LogP contribution < -0.4 is 5.32 Å². The summed E-state index contributed by atoms with van der Waals surface area (Å²) in [5.41, 5.74) is 0. The molecule has 1 N–H and O–H groups in total. The van der Waals surface area contributed by atoms with Crippen LogP contribution >= 0.6 is 0 Å². The van der Waals surface area contributed by atoms with Crippen LogP contribution in [0.1, 0.15) is 13.3 Å². The molecule has 0 unspecified atom stereocenters. The number of morpholine rings is 1. The van der Waals surface area contributed by atoms with Gasteiger partial charge in [0.1, 0.15) is 0 Å². The summed E-state index contributed by atoms with van der Waals surface area (Å²) in [7, 11) is -2.19. The van der Waals surface area contributed by atoms with Crippen LogP contribution in [-0.4, -0.2) is 41.3 Å². The molecule has 1 aliphatic rings. The van der Waals surface area contributed by atoms with Gasteiger partial charge in [-0.2, -0.15) is 12.8 Å². The van der Waals surface area contributed by atoms with Gasteiger partial charge < -0.3 is 10.1 Å². The molecule has 0 bridgehead atoms. The highest BCUT2D eigenvalue weighted by atomic mass is 32.2. The quantitative estimate of drug-likeness (QED) is 0.697. The maximum atomic E-state index is 9.59. The van der Waals surface area contributed by atoms with E-state index in [0.717, 1.165) is 32.7 Å². The Bertz CT molecular complexity index is 202. The second-order valence-electron chi connectivity index (χ2n) is 2.43. The van der Waals surface area contributed by atoms with Gasteiger partial charge in [0.15, 0.2) is 0 Å². The average Bonchev–Trinajstić information content (AvgIpc) is 2.18. The summed E-state index contributed by atoms with van der Waals surface area (Å²) in [6.07, 6.45) is 0.786. The van der Waals surface area contributed by atoms with Gasteiger partial charge in [0, 0.05) is 13.1 Å². The fourth-order valence-electron chi connectivity index (χ4n) is 0.682. The first-order valence-electron chi connectivity index (χ1n) is 4.32. The standard InChI is InChI=1S/C4H9NO.C3H7NO2S/c1-3-6-4-2-5-1;1-2-3-4-7(5)6/h5H,1-4H2;2-3H2,1H3. The fraction of sp³-hybridized carbons (Fsp3) is 1.00. The lowest BCUT2D eigenvalue weighted by Gasteiger charge is -2.10. The van der Waals surface area contributed by atoms with Crippen molar-refractivity contribution >= 4 is 10.5 Å². The van der Waals surface area contributed by atoms with Gasteiger partial charge in [-0.3, -0.25) is 0 Å². The monoisotopic (exact) mass is 208 g/mol. The van der Waals surface area contributed by atoms with Crippen LogP contribution in [0.25, 0.3) is 0 Å². The van der Waals surface area contributed by atoms with E-state index in [0.29, 0.717) is 6.54 Å². The number of hydrogen-bond acceptors (Lipinski definition) is 5. The summed E-state index contributed by atoms with van der Waals surface area (Å²) >= 11 is 0. The summed E-state index contributed by atoms with van der Waals surface area (Å²) in [5, 5.41) is 3.16. The second kappa shape index (κ2) is 9.63. The normalized spacial score (nSPS) is 15.5. The molecule has 0 aromatic carbocycles. The van der Waals surface area contributed by atoms with Gasteiger partial charge in [-0.25, -0.2) is 0 Å². The van der Waals surface area contributed by atoms with Crippen LogP contribution in [0.5, 0.6) is 0 Å². The highest BCUT2D eigenvalue weighted by molar-refractivity contribution is 7.61. The Hall–Kier alpha value is -0.460. The molecule has 0 saturated carbocycles. The lowest BCUT2D eigenvalue weighted by molar-refractivity contribution is 0.109. The highest BCUT2D eigenvalue weighted by Gasteiger charge is 1.92. The van der Waals surface area contributed by atoms with Gasteiger partial charge in [-0.15, -0.1) is 0 Å². The lowest BCUT2D eigenvalue weighted by Crippen LogP contribution is -2.30. The van der Waals surface area contributed by atoms with Gasteiger partial charge >= 0.3 is 10.5 Å². The van der Waals surface area contributed by atoms with Crippen LogP contribution in [0.2, 0.25) is 0 Å². The Morgan fingerprint density at radius 1 is 1.38 bits per heavy atom. The number of ether oxygens (including phenoxy) is 1. The maximum absolute atomic E-state index is 9.59. The third kappa shape index (κ3) is 11.5. The van der Waals surface area contributed by atoms with Gasteiger partial charge in [-0.1, -0.05) is 6.92 Å². The molecule has 0 aromatic heterocycles. The van der Waals surface area contributed by atoms with Gasteiger partial charge in [0.25, 0.3) is 0 Å². The summed E-state index contributed by atoms with van der Waals surface area (Å²) in [6, 6.07) is 0. The van der Waals surface area contributed by atoms with Crippen molar-refractivity contribution in [1.29, 1.82) is 0 Å². The molecule has 0 amide bonds. The van der Waals surface area contributed by atoms with Crippen molar-refractivity contribution in [2.45, 2.75) is 13.3 Å². The number of nitrogens with zero attached hydrogens (tertiary/aromatic N) is 1. The molecule has 0 spiro atoms. The second-order valence-corrected chi connectivity index (χ2v) is 3.12. The summed E-state index contributed by atoms with van der Waals surface area (Å²) in [4.78, 5) is 0. The van der Waals surface area contributed by atoms with Crippen molar-refractivity contribution in [2.24, 2.45) is 4.36 Å². The first-order chi connectivity index (χ1) is 6.27. The smallest absolute Gasteiger partial charge is 0.311 e. The Labute approximate surface area is 80.2 Å². The molecule has 1 heterocycles. The van der Waals surface area contributed by atoms with Crippen molar-refractivity contribution in [3.8, 4) is 0 Å². The van der Waals surface area contributed by atoms with Gasteiger partial charge in [0.05, 0.1) is 19.8 Å². The van der Waals surface area contributed by atoms with Gasteiger partial charge in [-0.05, 0) is 6.42 Å². The van der Waals surface area contributed by atoms with Crippen molar-refractivity contribution in [3.05, 3.63) is 0 Å².